The summed E-state index contributed by atoms with van der Waals surface area (Å²) >= 11 is 0. The summed E-state index contributed by atoms with van der Waals surface area (Å²) in [6, 6.07) is 1.42. The minimum absolute atomic E-state index is 0.0400. The Morgan fingerprint density at radius 1 is 1.36 bits per heavy atom. The first-order chi connectivity index (χ1) is 13.1. The predicted molar refractivity (Wildman–Crippen MR) is 106 cm³/mol. The number of rotatable bonds is 6. The lowest BCUT2D eigenvalue weighted by Crippen LogP contribution is -2.39. The molecular formula is C22H28O6. The summed E-state index contributed by atoms with van der Waals surface area (Å²) in [5, 5.41) is 21.9. The molecule has 2 heterocycles. The Labute approximate surface area is 164 Å². The molecular weight excluding hydrogens is 360 g/mol. The van der Waals surface area contributed by atoms with E-state index in [0.29, 0.717) is 29.5 Å². The number of phenols is 1. The van der Waals surface area contributed by atoms with E-state index < -0.39 is 17.3 Å². The van der Waals surface area contributed by atoms with Gasteiger partial charge >= 0.3 is 5.63 Å². The average molecular weight is 388 g/mol. The summed E-state index contributed by atoms with van der Waals surface area (Å²) in [4.78, 5) is 25.2. The second kappa shape index (κ2) is 7.24. The van der Waals surface area contributed by atoms with Crippen LogP contribution in [-0.4, -0.2) is 27.7 Å². The Morgan fingerprint density at radius 3 is 2.61 bits per heavy atom. The third-order valence-corrected chi connectivity index (χ3v) is 5.56. The number of carbonyl (C=O) groups is 1. The zero-order valence-electron chi connectivity index (χ0n) is 17.1. The van der Waals surface area contributed by atoms with Crippen LogP contribution in [0.3, 0.4) is 0 Å². The van der Waals surface area contributed by atoms with Gasteiger partial charge in [-0.2, -0.15) is 0 Å². The van der Waals surface area contributed by atoms with Crippen molar-refractivity contribution in [3.63, 3.8) is 0 Å². The lowest BCUT2D eigenvalue weighted by molar-refractivity contribution is -0.0225. The van der Waals surface area contributed by atoms with Crippen molar-refractivity contribution in [3.05, 3.63) is 33.2 Å². The second-order valence-electron chi connectivity index (χ2n) is 8.21. The smallest absolute Gasteiger partial charge is 0.336 e. The molecule has 152 valence electrons. The second-order valence-corrected chi connectivity index (χ2v) is 8.21. The highest BCUT2D eigenvalue weighted by molar-refractivity contribution is 6.12. The van der Waals surface area contributed by atoms with Crippen LogP contribution >= 0.6 is 0 Å². The number of Topliss-reactive ketones (excluding diaryl/α,β-unsaturated/α-hetero) is 1. The standard InChI is InChI=1S/C22H28O6/c1-6-8-12-9-15(23)28-21-16(12)20-13(10-14(27-20)22(4,5)26)19(25)17(21)18(24)11(3)7-2/h9,11,14,25-26H,6-8,10H2,1-5H3/t11-,14+/m1/s1. The topological polar surface area (TPSA) is 97.0 Å². The number of phenolic OH excluding ortho intramolecular Hbond substituents is 1. The van der Waals surface area contributed by atoms with Gasteiger partial charge < -0.3 is 19.4 Å². The summed E-state index contributed by atoms with van der Waals surface area (Å²) in [6.45, 7) is 8.95. The largest absolute Gasteiger partial charge is 0.507 e. The lowest BCUT2D eigenvalue weighted by Gasteiger charge is -2.24. The molecule has 2 atom stereocenters. The van der Waals surface area contributed by atoms with E-state index in [-0.39, 0.29) is 35.0 Å². The van der Waals surface area contributed by atoms with Crippen molar-refractivity contribution in [1.29, 1.82) is 0 Å². The van der Waals surface area contributed by atoms with E-state index in [0.717, 1.165) is 12.0 Å². The highest BCUT2D eigenvalue weighted by Crippen LogP contribution is 2.48. The van der Waals surface area contributed by atoms with E-state index in [4.69, 9.17) is 9.15 Å². The van der Waals surface area contributed by atoms with E-state index in [9.17, 15) is 19.8 Å². The van der Waals surface area contributed by atoms with Gasteiger partial charge in [-0.1, -0.05) is 27.2 Å². The number of fused-ring (bicyclic) bond motifs is 3. The van der Waals surface area contributed by atoms with Gasteiger partial charge in [-0.15, -0.1) is 0 Å². The van der Waals surface area contributed by atoms with Gasteiger partial charge in [0.1, 0.15) is 23.2 Å². The van der Waals surface area contributed by atoms with Crippen LogP contribution in [0.1, 0.15) is 68.9 Å². The third-order valence-electron chi connectivity index (χ3n) is 5.56. The molecule has 28 heavy (non-hydrogen) atoms. The lowest BCUT2D eigenvalue weighted by atomic mass is 9.89. The Hall–Kier alpha value is -2.34. The monoisotopic (exact) mass is 388 g/mol. The molecule has 0 amide bonds. The molecule has 1 aromatic carbocycles. The number of ether oxygens (including phenoxy) is 1. The number of carbonyl (C=O) groups excluding carboxylic acids is 1. The maximum atomic E-state index is 13.1. The zero-order valence-corrected chi connectivity index (χ0v) is 17.1. The Kier molecular flexibility index (Phi) is 5.28. The van der Waals surface area contributed by atoms with E-state index in [2.05, 4.69) is 0 Å². The fraction of sp³-hybridized carbons (Fsp3) is 0.545. The Morgan fingerprint density at radius 2 is 2.04 bits per heavy atom. The van der Waals surface area contributed by atoms with E-state index >= 15 is 0 Å². The van der Waals surface area contributed by atoms with Crippen molar-refractivity contribution < 1.29 is 24.2 Å². The molecule has 6 nitrogen and oxygen atoms in total. The van der Waals surface area contributed by atoms with Crippen LogP contribution in [0.4, 0.5) is 0 Å². The van der Waals surface area contributed by atoms with Crippen LogP contribution < -0.4 is 10.4 Å². The first-order valence-electron chi connectivity index (χ1n) is 9.87. The Balaban J connectivity index is 2.40. The summed E-state index contributed by atoms with van der Waals surface area (Å²) in [7, 11) is 0. The molecule has 0 saturated heterocycles. The van der Waals surface area contributed by atoms with Crippen LogP contribution in [0, 0.1) is 5.92 Å². The quantitative estimate of drug-likeness (QED) is 0.578. The minimum atomic E-state index is -1.14. The predicted octanol–water partition coefficient (Wildman–Crippen LogP) is 3.75. The minimum Gasteiger partial charge on any atom is -0.507 e. The maximum absolute atomic E-state index is 13.1. The van der Waals surface area contributed by atoms with Crippen LogP contribution in [0.5, 0.6) is 11.5 Å². The molecule has 2 N–H and O–H groups in total. The van der Waals surface area contributed by atoms with Gasteiger partial charge in [0.25, 0.3) is 0 Å². The molecule has 2 aromatic rings. The molecule has 0 spiro atoms. The van der Waals surface area contributed by atoms with Crippen molar-refractivity contribution in [2.45, 2.75) is 72.0 Å². The number of aliphatic hydroxyl groups is 1. The molecule has 0 saturated carbocycles. The molecule has 1 aliphatic rings. The molecule has 0 fully saturated rings. The molecule has 1 aliphatic heterocycles. The average Bonchev–Trinajstić information content (AvgIpc) is 3.06. The zero-order chi connectivity index (χ0) is 20.8. The normalized spacial score (nSPS) is 17.4. The van der Waals surface area contributed by atoms with Gasteiger partial charge in [-0.3, -0.25) is 4.79 Å². The number of benzene rings is 1. The van der Waals surface area contributed by atoms with E-state index in [1.54, 1.807) is 20.8 Å². The summed E-state index contributed by atoms with van der Waals surface area (Å²) in [6.07, 6.45) is 1.68. The fourth-order valence-electron chi connectivity index (χ4n) is 3.69. The summed E-state index contributed by atoms with van der Waals surface area (Å²) < 4.78 is 11.5. The van der Waals surface area contributed by atoms with Gasteiger partial charge in [0.2, 0.25) is 0 Å². The van der Waals surface area contributed by atoms with Crippen molar-refractivity contribution in [3.8, 4) is 11.5 Å². The van der Waals surface area contributed by atoms with Crippen molar-refractivity contribution in [2.24, 2.45) is 5.92 Å². The van der Waals surface area contributed by atoms with Gasteiger partial charge in [0, 0.05) is 24.0 Å². The summed E-state index contributed by atoms with van der Waals surface area (Å²) in [5.74, 6) is -0.417. The van der Waals surface area contributed by atoms with Crippen molar-refractivity contribution in [1.82, 2.24) is 0 Å². The Bertz CT molecular complexity index is 979. The highest BCUT2D eigenvalue weighted by Gasteiger charge is 2.40. The van der Waals surface area contributed by atoms with Gasteiger partial charge in [0.05, 0.1) is 11.0 Å². The molecule has 0 aliphatic carbocycles. The molecule has 1 aromatic heterocycles. The van der Waals surface area contributed by atoms with Crippen LogP contribution in [-0.2, 0) is 12.8 Å². The van der Waals surface area contributed by atoms with Crippen molar-refractivity contribution >= 4 is 16.8 Å². The first-order valence-corrected chi connectivity index (χ1v) is 9.87. The van der Waals surface area contributed by atoms with Crippen LogP contribution in [0.2, 0.25) is 0 Å². The molecule has 3 rings (SSSR count). The van der Waals surface area contributed by atoms with E-state index in [1.807, 2.05) is 13.8 Å². The van der Waals surface area contributed by atoms with Crippen molar-refractivity contribution in [2.75, 3.05) is 0 Å². The number of aromatic hydroxyl groups is 1. The van der Waals surface area contributed by atoms with E-state index in [1.165, 1.54) is 6.07 Å². The highest BCUT2D eigenvalue weighted by atomic mass is 16.5. The summed E-state index contributed by atoms with van der Waals surface area (Å²) in [5.41, 5.74) is -0.381. The van der Waals surface area contributed by atoms with Crippen LogP contribution in [0.25, 0.3) is 11.0 Å². The van der Waals surface area contributed by atoms with Gasteiger partial charge in [0.15, 0.2) is 11.4 Å². The number of hydrogen-bond donors (Lipinski definition) is 2. The third kappa shape index (κ3) is 3.30. The molecule has 6 heteroatoms. The maximum Gasteiger partial charge on any atom is 0.336 e. The first kappa shape index (κ1) is 20.4. The van der Waals surface area contributed by atoms with Crippen LogP contribution in [0.15, 0.2) is 15.3 Å². The number of ketones is 1. The molecule has 0 bridgehead atoms. The number of hydrogen-bond acceptors (Lipinski definition) is 6. The van der Waals surface area contributed by atoms with Gasteiger partial charge in [-0.05, 0) is 32.3 Å². The molecule has 0 radical (unpaired) electrons. The molecule has 0 unspecified atom stereocenters. The van der Waals surface area contributed by atoms with Gasteiger partial charge in [-0.25, -0.2) is 4.79 Å². The number of aryl methyl sites for hydroxylation is 1. The SMILES string of the molecule is CCCc1cc(=O)oc2c(C(=O)[C@H](C)CC)c(O)c3c(c12)O[C@H](C(C)(C)O)C3. The fourth-order valence-corrected chi connectivity index (χ4v) is 3.69.